The molecule has 1 unspecified atom stereocenters. The first-order valence-electron chi connectivity index (χ1n) is 10.2. The van der Waals surface area contributed by atoms with Crippen LogP contribution in [0, 0.1) is 5.92 Å². The van der Waals surface area contributed by atoms with Gasteiger partial charge in [-0.05, 0) is 37.8 Å². The lowest BCUT2D eigenvalue weighted by Crippen LogP contribution is -2.56. The van der Waals surface area contributed by atoms with Gasteiger partial charge in [-0.1, -0.05) is 0 Å². The highest BCUT2D eigenvalue weighted by Gasteiger charge is 2.44. The number of hydrogen-bond donors (Lipinski definition) is 1. The molecule has 10 heteroatoms. The highest BCUT2D eigenvalue weighted by Crippen LogP contribution is 2.31. The summed E-state index contributed by atoms with van der Waals surface area (Å²) < 4.78 is 10.2. The largest absolute Gasteiger partial charge is 0.459 e. The first kappa shape index (κ1) is 20.2. The zero-order valence-electron chi connectivity index (χ0n) is 17.0. The summed E-state index contributed by atoms with van der Waals surface area (Å²) in [6.45, 7) is 4.57. The number of hydrogen-bond acceptors (Lipinski definition) is 6. The monoisotopic (exact) mass is 418 g/mol. The lowest BCUT2D eigenvalue weighted by atomic mass is 9.80. The van der Waals surface area contributed by atoms with Gasteiger partial charge in [-0.2, -0.15) is 0 Å². The van der Waals surface area contributed by atoms with E-state index in [1.165, 1.54) is 11.2 Å². The van der Waals surface area contributed by atoms with Crippen LogP contribution in [0.1, 0.15) is 30.3 Å². The average Bonchev–Trinajstić information content (AvgIpc) is 3.43. The highest BCUT2D eigenvalue weighted by molar-refractivity contribution is 6.34. The zero-order valence-corrected chi connectivity index (χ0v) is 17.0. The second kappa shape index (κ2) is 8.00. The molecule has 4 rings (SSSR count). The van der Waals surface area contributed by atoms with Gasteiger partial charge in [0.2, 0.25) is 0 Å². The Morgan fingerprint density at radius 3 is 2.13 bits per heavy atom. The van der Waals surface area contributed by atoms with E-state index in [1.54, 1.807) is 21.9 Å². The number of carbonyl (C=O) groups excluding carboxylic acids is 4. The van der Waals surface area contributed by atoms with Crippen LogP contribution in [0.25, 0.3) is 0 Å². The summed E-state index contributed by atoms with van der Waals surface area (Å²) >= 11 is 0. The zero-order chi connectivity index (χ0) is 21.3. The fourth-order valence-electron chi connectivity index (χ4n) is 4.40. The van der Waals surface area contributed by atoms with E-state index in [1.807, 2.05) is 6.92 Å². The van der Waals surface area contributed by atoms with E-state index in [2.05, 4.69) is 5.32 Å². The first-order chi connectivity index (χ1) is 14.4. The molecule has 1 aromatic rings. The third kappa shape index (κ3) is 3.86. The quantitative estimate of drug-likeness (QED) is 0.692. The molecule has 0 spiro atoms. The molecule has 0 radical (unpaired) electrons. The van der Waals surface area contributed by atoms with Crippen LogP contribution >= 0.6 is 0 Å². The second-order valence-electron chi connectivity index (χ2n) is 8.25. The Morgan fingerprint density at radius 2 is 1.60 bits per heavy atom. The Labute approximate surface area is 174 Å². The number of ether oxygens (including phenoxy) is 1. The number of likely N-dealkylation sites (tertiary alicyclic amines) is 1. The number of carbonyl (C=O) groups is 4. The smallest absolute Gasteiger partial charge is 0.407 e. The number of piperidine rings is 1. The molecule has 1 atom stereocenters. The topological polar surface area (TPSA) is 112 Å². The fourth-order valence-corrected chi connectivity index (χ4v) is 4.40. The van der Waals surface area contributed by atoms with Gasteiger partial charge >= 0.3 is 17.9 Å². The van der Waals surface area contributed by atoms with Crippen LogP contribution in [0.3, 0.4) is 0 Å². The van der Waals surface area contributed by atoms with E-state index in [-0.39, 0.29) is 17.6 Å². The number of alkyl carbamates (subject to hydrolysis) is 1. The predicted octanol–water partition coefficient (Wildman–Crippen LogP) is 0.301. The fraction of sp³-hybridized carbons (Fsp3) is 0.600. The SMILES string of the molecule is CC1(C2CCN(C(=O)C(=O)N3CCN(C(=O)c4ccco4)CC3)CC2)COC(=O)N1. The van der Waals surface area contributed by atoms with Gasteiger partial charge < -0.3 is 29.2 Å². The Kier molecular flexibility index (Phi) is 5.40. The number of furan rings is 1. The summed E-state index contributed by atoms with van der Waals surface area (Å²) in [7, 11) is 0. The molecule has 3 aliphatic rings. The van der Waals surface area contributed by atoms with E-state index < -0.39 is 23.4 Å². The average molecular weight is 418 g/mol. The van der Waals surface area contributed by atoms with Crippen molar-refractivity contribution in [3.8, 4) is 0 Å². The third-order valence-corrected chi connectivity index (χ3v) is 6.34. The summed E-state index contributed by atoms with van der Waals surface area (Å²) in [6.07, 6.45) is 2.44. The van der Waals surface area contributed by atoms with E-state index in [0.29, 0.717) is 58.7 Å². The molecular weight excluding hydrogens is 392 g/mol. The molecule has 3 fully saturated rings. The standard InChI is InChI=1S/C20H26N4O6/c1-20(13-30-19(28)21-20)14-4-6-22(7-5-14)17(26)18(27)24-10-8-23(9-11-24)16(25)15-3-2-12-29-15/h2-3,12,14H,4-11,13H2,1H3,(H,21,28). The number of cyclic esters (lactones) is 1. The minimum atomic E-state index is -0.526. The molecule has 0 saturated carbocycles. The van der Waals surface area contributed by atoms with Crippen LogP contribution in [0.15, 0.2) is 22.8 Å². The van der Waals surface area contributed by atoms with Crippen molar-refractivity contribution in [3.05, 3.63) is 24.2 Å². The Hall–Kier alpha value is -3.04. The molecule has 3 aliphatic heterocycles. The maximum Gasteiger partial charge on any atom is 0.407 e. The van der Waals surface area contributed by atoms with Gasteiger partial charge in [-0.15, -0.1) is 0 Å². The highest BCUT2D eigenvalue weighted by atomic mass is 16.6. The van der Waals surface area contributed by atoms with Crippen molar-refractivity contribution in [2.45, 2.75) is 25.3 Å². The molecular formula is C20H26N4O6. The molecule has 30 heavy (non-hydrogen) atoms. The van der Waals surface area contributed by atoms with Crippen molar-refractivity contribution in [1.82, 2.24) is 20.0 Å². The number of amides is 4. The molecule has 4 amide bonds. The van der Waals surface area contributed by atoms with Crippen molar-refractivity contribution >= 4 is 23.8 Å². The van der Waals surface area contributed by atoms with Gasteiger partial charge in [-0.3, -0.25) is 14.4 Å². The summed E-state index contributed by atoms with van der Waals surface area (Å²) in [6, 6.07) is 3.26. The Balaban J connectivity index is 1.26. The molecule has 0 aliphatic carbocycles. The van der Waals surface area contributed by atoms with Gasteiger partial charge in [0.25, 0.3) is 5.91 Å². The lowest BCUT2D eigenvalue weighted by Gasteiger charge is -2.40. The maximum atomic E-state index is 12.7. The number of rotatable bonds is 2. The Bertz CT molecular complexity index is 824. The molecule has 1 aromatic heterocycles. The van der Waals surface area contributed by atoms with Crippen molar-refractivity contribution in [3.63, 3.8) is 0 Å². The molecule has 0 aromatic carbocycles. The van der Waals surface area contributed by atoms with Gasteiger partial charge in [-0.25, -0.2) is 4.79 Å². The number of piperazine rings is 1. The van der Waals surface area contributed by atoms with Crippen LogP contribution in [0.4, 0.5) is 4.79 Å². The third-order valence-electron chi connectivity index (χ3n) is 6.34. The van der Waals surface area contributed by atoms with Crippen molar-refractivity contribution in [2.75, 3.05) is 45.9 Å². The minimum absolute atomic E-state index is 0.194. The number of nitrogens with one attached hydrogen (secondary N) is 1. The molecule has 10 nitrogen and oxygen atoms in total. The minimum Gasteiger partial charge on any atom is -0.459 e. The van der Waals surface area contributed by atoms with Crippen LogP contribution in [-0.4, -0.2) is 89.9 Å². The van der Waals surface area contributed by atoms with Gasteiger partial charge in [0.15, 0.2) is 5.76 Å². The van der Waals surface area contributed by atoms with Gasteiger partial charge in [0.05, 0.1) is 11.8 Å². The van der Waals surface area contributed by atoms with E-state index >= 15 is 0 Å². The molecule has 1 N–H and O–H groups in total. The van der Waals surface area contributed by atoms with Crippen LogP contribution in [-0.2, 0) is 14.3 Å². The summed E-state index contributed by atoms with van der Waals surface area (Å²) in [4.78, 5) is 53.8. The predicted molar refractivity (Wildman–Crippen MR) is 103 cm³/mol. The van der Waals surface area contributed by atoms with Gasteiger partial charge in [0, 0.05) is 39.3 Å². The summed E-state index contributed by atoms with van der Waals surface area (Å²) in [5.74, 6) is -0.777. The van der Waals surface area contributed by atoms with Gasteiger partial charge in [0.1, 0.15) is 6.61 Å². The normalized spacial score (nSPS) is 25.1. The van der Waals surface area contributed by atoms with Crippen molar-refractivity contribution in [1.29, 1.82) is 0 Å². The lowest BCUT2D eigenvalue weighted by molar-refractivity contribution is -0.153. The number of nitrogens with zero attached hydrogens (tertiary/aromatic N) is 3. The summed E-state index contributed by atoms with van der Waals surface area (Å²) in [5.41, 5.74) is -0.424. The van der Waals surface area contributed by atoms with E-state index in [4.69, 9.17) is 9.15 Å². The maximum absolute atomic E-state index is 12.7. The van der Waals surface area contributed by atoms with E-state index in [9.17, 15) is 19.2 Å². The molecule has 0 bridgehead atoms. The second-order valence-corrected chi connectivity index (χ2v) is 8.25. The summed E-state index contributed by atoms with van der Waals surface area (Å²) in [5, 5.41) is 2.86. The molecule has 3 saturated heterocycles. The Morgan fingerprint density at radius 1 is 1.00 bits per heavy atom. The first-order valence-corrected chi connectivity index (χ1v) is 10.2. The molecule has 162 valence electrons. The van der Waals surface area contributed by atoms with Crippen molar-refractivity contribution < 1.29 is 28.3 Å². The van der Waals surface area contributed by atoms with Crippen molar-refractivity contribution in [2.24, 2.45) is 5.92 Å². The molecule has 4 heterocycles. The van der Waals surface area contributed by atoms with E-state index in [0.717, 1.165) is 0 Å². The van der Waals surface area contributed by atoms with Crippen LogP contribution in [0.5, 0.6) is 0 Å². The van der Waals surface area contributed by atoms with Crippen LogP contribution < -0.4 is 5.32 Å². The van der Waals surface area contributed by atoms with Crippen LogP contribution in [0.2, 0.25) is 0 Å².